The summed E-state index contributed by atoms with van der Waals surface area (Å²) < 4.78 is 5.13. The highest BCUT2D eigenvalue weighted by Gasteiger charge is 2.10. The second-order valence-corrected chi connectivity index (χ2v) is 5.27. The number of ether oxygens (including phenoxy) is 1. The van der Waals surface area contributed by atoms with Crippen LogP contribution in [0, 0.1) is 0 Å². The molecular weight excluding hydrogens is 274 g/mol. The molecule has 0 saturated heterocycles. The molecule has 0 radical (unpaired) electrons. The maximum Gasteiger partial charge on any atom is 0.129 e. The van der Waals surface area contributed by atoms with Crippen LogP contribution in [0.2, 0.25) is 5.02 Å². The van der Waals surface area contributed by atoms with Gasteiger partial charge in [-0.3, -0.25) is 0 Å². The van der Waals surface area contributed by atoms with E-state index in [1.807, 2.05) is 18.2 Å². The molecule has 0 aromatic carbocycles. The molecule has 1 N–H and O–H groups in total. The summed E-state index contributed by atoms with van der Waals surface area (Å²) >= 11 is 6.20. The Morgan fingerprint density at radius 2 is 2.25 bits per heavy atom. The van der Waals surface area contributed by atoms with Crippen molar-refractivity contribution in [1.29, 1.82) is 0 Å². The highest BCUT2D eigenvalue weighted by Crippen LogP contribution is 2.19. The van der Waals surface area contributed by atoms with E-state index in [4.69, 9.17) is 16.3 Å². The van der Waals surface area contributed by atoms with Crippen LogP contribution in [0.25, 0.3) is 0 Å². The minimum absolute atomic E-state index is 0.397. The summed E-state index contributed by atoms with van der Waals surface area (Å²) in [4.78, 5) is 6.76. The third-order valence-corrected chi connectivity index (χ3v) is 3.16. The first-order chi connectivity index (χ1) is 9.58. The van der Waals surface area contributed by atoms with Gasteiger partial charge in [-0.05, 0) is 12.1 Å². The van der Waals surface area contributed by atoms with Crippen LogP contribution in [0.15, 0.2) is 24.8 Å². The molecule has 1 rings (SSSR count). The lowest BCUT2D eigenvalue weighted by molar-refractivity contribution is 0.205. The predicted octanol–water partition coefficient (Wildman–Crippen LogP) is 2.87. The minimum atomic E-state index is 0.397. The lowest BCUT2D eigenvalue weighted by Crippen LogP contribution is -2.29. The van der Waals surface area contributed by atoms with Crippen molar-refractivity contribution in [2.45, 2.75) is 26.4 Å². The maximum absolute atomic E-state index is 6.20. The highest BCUT2D eigenvalue weighted by atomic mass is 35.5. The van der Waals surface area contributed by atoms with E-state index in [0.717, 1.165) is 24.6 Å². The number of halogens is 1. The van der Waals surface area contributed by atoms with E-state index in [1.165, 1.54) is 0 Å². The average Bonchev–Trinajstić information content (AvgIpc) is 2.42. The zero-order valence-corrected chi connectivity index (χ0v) is 13.3. The molecule has 1 aromatic heterocycles. The number of methoxy groups -OCH3 is 1. The molecule has 4 nitrogen and oxygen atoms in total. The van der Waals surface area contributed by atoms with Crippen molar-refractivity contribution in [2.24, 2.45) is 0 Å². The van der Waals surface area contributed by atoms with Crippen LogP contribution in [0.3, 0.4) is 0 Å². The Labute approximate surface area is 126 Å². The van der Waals surface area contributed by atoms with Crippen molar-refractivity contribution in [3.05, 3.63) is 35.5 Å². The van der Waals surface area contributed by atoms with Gasteiger partial charge >= 0.3 is 0 Å². The van der Waals surface area contributed by atoms with Crippen molar-refractivity contribution in [3.8, 4) is 0 Å². The third-order valence-electron chi connectivity index (χ3n) is 2.82. The molecule has 1 aromatic rings. The van der Waals surface area contributed by atoms with Crippen molar-refractivity contribution in [1.82, 2.24) is 10.3 Å². The zero-order chi connectivity index (χ0) is 15.0. The van der Waals surface area contributed by atoms with E-state index in [-0.39, 0.29) is 0 Å². The Hall–Kier alpha value is -1.10. The zero-order valence-electron chi connectivity index (χ0n) is 12.5. The first kappa shape index (κ1) is 17.0. The van der Waals surface area contributed by atoms with Crippen molar-refractivity contribution in [3.63, 3.8) is 0 Å². The van der Waals surface area contributed by atoms with Gasteiger partial charge in [0, 0.05) is 32.8 Å². The van der Waals surface area contributed by atoms with Crippen LogP contribution >= 0.6 is 11.6 Å². The van der Waals surface area contributed by atoms with E-state index in [9.17, 15) is 0 Å². The molecule has 0 aliphatic heterocycles. The number of pyridine rings is 1. The van der Waals surface area contributed by atoms with Gasteiger partial charge in [0.2, 0.25) is 0 Å². The molecule has 0 spiro atoms. The second kappa shape index (κ2) is 8.95. The maximum atomic E-state index is 6.20. The summed E-state index contributed by atoms with van der Waals surface area (Å²) in [6, 6.07) is 4.22. The van der Waals surface area contributed by atoms with Gasteiger partial charge in [0.1, 0.15) is 5.82 Å². The smallest absolute Gasteiger partial charge is 0.129 e. The lowest BCUT2D eigenvalue weighted by Gasteiger charge is -2.22. The molecule has 0 unspecified atom stereocenters. The van der Waals surface area contributed by atoms with Crippen LogP contribution < -0.4 is 10.2 Å². The molecule has 1 heterocycles. The quantitative estimate of drug-likeness (QED) is 0.711. The molecule has 112 valence electrons. The standard InChI is InChI=1S/C15H24ClN3O/c1-5-8-19(9-10-20-4)15-7-6-13(16)14(18-15)11-17-12(2)3/h5-7,12,17H,1,8-11H2,2-4H3. The number of nitrogens with zero attached hydrogens (tertiary/aromatic N) is 2. The molecule has 0 atom stereocenters. The molecule has 0 aliphatic carbocycles. The highest BCUT2D eigenvalue weighted by molar-refractivity contribution is 6.31. The SMILES string of the molecule is C=CCN(CCOC)c1ccc(Cl)c(CNC(C)C)n1. The van der Waals surface area contributed by atoms with Gasteiger partial charge in [-0.15, -0.1) is 6.58 Å². The Balaban J connectivity index is 2.86. The summed E-state index contributed by atoms with van der Waals surface area (Å²) in [5.74, 6) is 0.895. The van der Waals surface area contributed by atoms with Gasteiger partial charge in [-0.2, -0.15) is 0 Å². The van der Waals surface area contributed by atoms with E-state index >= 15 is 0 Å². The molecule has 0 amide bonds. The van der Waals surface area contributed by atoms with Crippen LogP contribution in [-0.4, -0.2) is 37.8 Å². The Morgan fingerprint density at radius 3 is 2.85 bits per heavy atom. The number of anilines is 1. The van der Waals surface area contributed by atoms with Crippen molar-refractivity contribution in [2.75, 3.05) is 31.7 Å². The van der Waals surface area contributed by atoms with E-state index in [0.29, 0.717) is 24.2 Å². The molecule has 20 heavy (non-hydrogen) atoms. The summed E-state index contributed by atoms with van der Waals surface area (Å²) in [6.45, 7) is 10.8. The molecule has 0 saturated carbocycles. The van der Waals surface area contributed by atoms with E-state index in [1.54, 1.807) is 7.11 Å². The first-order valence-electron chi connectivity index (χ1n) is 6.82. The monoisotopic (exact) mass is 297 g/mol. The van der Waals surface area contributed by atoms with Gasteiger partial charge in [-0.1, -0.05) is 31.5 Å². The third kappa shape index (κ3) is 5.49. The summed E-state index contributed by atoms with van der Waals surface area (Å²) in [6.07, 6.45) is 1.86. The Morgan fingerprint density at radius 1 is 1.50 bits per heavy atom. The van der Waals surface area contributed by atoms with Crippen LogP contribution in [0.4, 0.5) is 5.82 Å². The fourth-order valence-corrected chi connectivity index (χ4v) is 1.90. The topological polar surface area (TPSA) is 37.4 Å². The number of hydrogen-bond donors (Lipinski definition) is 1. The molecular formula is C15H24ClN3O. The molecule has 0 bridgehead atoms. The summed E-state index contributed by atoms with van der Waals surface area (Å²) in [7, 11) is 1.69. The fourth-order valence-electron chi connectivity index (χ4n) is 1.73. The minimum Gasteiger partial charge on any atom is -0.383 e. The summed E-state index contributed by atoms with van der Waals surface area (Å²) in [5, 5.41) is 4.02. The molecule has 0 aliphatic rings. The molecule has 0 fully saturated rings. The number of aromatic nitrogens is 1. The van der Waals surface area contributed by atoms with Crippen LogP contribution in [0.1, 0.15) is 19.5 Å². The van der Waals surface area contributed by atoms with Crippen LogP contribution in [-0.2, 0) is 11.3 Å². The van der Waals surface area contributed by atoms with E-state index in [2.05, 4.69) is 35.6 Å². The average molecular weight is 298 g/mol. The second-order valence-electron chi connectivity index (χ2n) is 4.86. The first-order valence-corrected chi connectivity index (χ1v) is 7.19. The lowest BCUT2D eigenvalue weighted by atomic mass is 10.3. The largest absolute Gasteiger partial charge is 0.383 e. The van der Waals surface area contributed by atoms with Crippen LogP contribution in [0.5, 0.6) is 0 Å². The van der Waals surface area contributed by atoms with Crippen molar-refractivity contribution < 1.29 is 4.74 Å². The fraction of sp³-hybridized carbons (Fsp3) is 0.533. The number of hydrogen-bond acceptors (Lipinski definition) is 4. The van der Waals surface area contributed by atoms with E-state index < -0.39 is 0 Å². The van der Waals surface area contributed by atoms with Gasteiger partial charge < -0.3 is 15.0 Å². The number of rotatable bonds is 9. The Bertz CT molecular complexity index is 424. The van der Waals surface area contributed by atoms with Gasteiger partial charge in [0.05, 0.1) is 17.3 Å². The van der Waals surface area contributed by atoms with Gasteiger partial charge in [0.15, 0.2) is 0 Å². The summed E-state index contributed by atoms with van der Waals surface area (Å²) in [5.41, 5.74) is 0.865. The van der Waals surface area contributed by atoms with Gasteiger partial charge in [-0.25, -0.2) is 4.98 Å². The Kier molecular flexibility index (Phi) is 7.59. The van der Waals surface area contributed by atoms with Gasteiger partial charge in [0.25, 0.3) is 0 Å². The normalized spacial score (nSPS) is 10.8. The van der Waals surface area contributed by atoms with Crippen molar-refractivity contribution >= 4 is 17.4 Å². The number of nitrogens with one attached hydrogen (secondary N) is 1. The molecule has 5 heteroatoms. The predicted molar refractivity (Wildman–Crippen MR) is 85.5 cm³/mol.